The number of nitrogens with one attached hydrogen (secondary N) is 1. The van der Waals surface area contributed by atoms with Gasteiger partial charge in [-0.05, 0) is 19.9 Å². The van der Waals surface area contributed by atoms with Crippen molar-refractivity contribution in [3.05, 3.63) is 24.2 Å². The molecule has 0 aromatic carbocycles. The maximum absolute atomic E-state index is 13.8. The van der Waals surface area contributed by atoms with E-state index in [9.17, 15) is 27.3 Å². The van der Waals surface area contributed by atoms with Gasteiger partial charge in [0, 0.05) is 5.56 Å². The first kappa shape index (κ1) is 21.2. The second-order valence-corrected chi connectivity index (χ2v) is 6.43. The van der Waals surface area contributed by atoms with E-state index in [1.165, 1.54) is 19.2 Å². The summed E-state index contributed by atoms with van der Waals surface area (Å²) in [6, 6.07) is 0.816. The first-order chi connectivity index (χ1) is 11.6. The molecule has 1 unspecified atom stereocenters. The zero-order chi connectivity index (χ0) is 19.3. The molecule has 0 saturated carbocycles. The Bertz CT molecular complexity index is 637. The Labute approximate surface area is 141 Å². The van der Waals surface area contributed by atoms with Gasteiger partial charge in [0.1, 0.15) is 0 Å². The fourth-order valence-electron chi connectivity index (χ4n) is 1.95. The lowest BCUT2D eigenvalue weighted by molar-refractivity contribution is -0.212. The fourth-order valence-corrected chi connectivity index (χ4v) is 3.24. The predicted octanol–water partition coefficient (Wildman–Crippen LogP) is 3.19. The Morgan fingerprint density at radius 3 is 2.16 bits per heavy atom. The topological polar surface area (TPSA) is 104 Å². The summed E-state index contributed by atoms with van der Waals surface area (Å²) in [7, 11) is -3.91. The molecular weight excluding hydrogens is 370 g/mol. The van der Waals surface area contributed by atoms with Gasteiger partial charge in [-0.3, -0.25) is 4.79 Å². The highest BCUT2D eigenvalue weighted by molar-refractivity contribution is 7.71. The molecule has 0 aliphatic carbocycles. The number of amides is 1. The highest BCUT2D eigenvalue weighted by atomic mass is 31.2. The molecule has 25 heavy (non-hydrogen) atoms. The summed E-state index contributed by atoms with van der Waals surface area (Å²) in [5, 5.41) is 1.42. The lowest BCUT2D eigenvalue weighted by Crippen LogP contribution is -2.61. The van der Waals surface area contributed by atoms with Crippen molar-refractivity contribution >= 4 is 19.2 Å². The lowest BCUT2D eigenvalue weighted by Gasteiger charge is -2.33. The van der Waals surface area contributed by atoms with Crippen LogP contribution in [-0.4, -0.2) is 38.1 Å². The van der Waals surface area contributed by atoms with Gasteiger partial charge in [0.25, 0.3) is 5.54 Å². The number of ether oxygens (including phenoxy) is 1. The van der Waals surface area contributed by atoms with E-state index >= 15 is 0 Å². The minimum Gasteiger partial charge on any atom is -0.472 e. The zero-order valence-corrected chi connectivity index (χ0v) is 14.5. The number of esters is 1. The standard InChI is InChI=1S/C13H17F3NO7P/c1-4-23-25(20,24-5-2)11(19)17-12(10(18)21-3,13(14,15)16)9-6-7-22-8-9/h6-8H,4-5H2,1-3H3,(H,17,19). The number of halogens is 3. The Morgan fingerprint density at radius 1 is 1.24 bits per heavy atom. The number of hydrogen-bond acceptors (Lipinski definition) is 7. The van der Waals surface area contributed by atoms with Crippen molar-refractivity contribution in [3.8, 4) is 0 Å². The maximum atomic E-state index is 13.8. The fraction of sp³-hybridized carbons (Fsp3) is 0.538. The van der Waals surface area contributed by atoms with Crippen molar-refractivity contribution in [2.75, 3.05) is 20.3 Å². The van der Waals surface area contributed by atoms with Gasteiger partial charge >= 0.3 is 25.4 Å². The molecule has 1 heterocycles. The summed E-state index contributed by atoms with van der Waals surface area (Å²) in [5.74, 6) is -1.85. The zero-order valence-electron chi connectivity index (χ0n) is 13.6. The number of alkyl halides is 3. The molecule has 1 rings (SSSR count). The number of rotatable bonds is 8. The molecule has 0 saturated heterocycles. The highest BCUT2D eigenvalue weighted by Gasteiger charge is 2.65. The van der Waals surface area contributed by atoms with Crippen LogP contribution in [0.1, 0.15) is 19.4 Å². The molecule has 1 aromatic rings. The van der Waals surface area contributed by atoms with Crippen molar-refractivity contribution < 1.29 is 45.5 Å². The molecule has 1 atom stereocenters. The summed E-state index contributed by atoms with van der Waals surface area (Å²) in [6.45, 7) is 2.19. The van der Waals surface area contributed by atoms with E-state index in [-0.39, 0.29) is 13.2 Å². The number of furan rings is 1. The van der Waals surface area contributed by atoms with Crippen LogP contribution in [-0.2, 0) is 28.7 Å². The van der Waals surface area contributed by atoms with Crippen LogP contribution >= 0.6 is 7.60 Å². The van der Waals surface area contributed by atoms with Gasteiger partial charge in [-0.25, -0.2) is 9.36 Å². The minimum absolute atomic E-state index is 0.270. The minimum atomic E-state index is -5.34. The molecule has 0 bridgehead atoms. The van der Waals surface area contributed by atoms with Crippen LogP contribution in [0.5, 0.6) is 0 Å². The van der Waals surface area contributed by atoms with E-state index < -0.39 is 36.5 Å². The van der Waals surface area contributed by atoms with Crippen LogP contribution in [0.4, 0.5) is 18.0 Å². The second-order valence-electron chi connectivity index (χ2n) is 4.51. The van der Waals surface area contributed by atoms with Crippen LogP contribution in [0.25, 0.3) is 0 Å². The van der Waals surface area contributed by atoms with Gasteiger partial charge in [-0.2, -0.15) is 13.2 Å². The van der Waals surface area contributed by atoms with Crippen molar-refractivity contribution in [3.63, 3.8) is 0 Å². The SMILES string of the molecule is CCOP(=O)(OCC)C(=O)NC(C(=O)OC)(c1ccoc1)C(F)(F)F. The van der Waals surface area contributed by atoms with Crippen LogP contribution in [0.15, 0.2) is 23.0 Å². The third-order valence-electron chi connectivity index (χ3n) is 3.01. The number of hydrogen-bond donors (Lipinski definition) is 1. The van der Waals surface area contributed by atoms with Crippen molar-refractivity contribution in [2.24, 2.45) is 0 Å². The van der Waals surface area contributed by atoms with E-state index in [4.69, 9.17) is 9.05 Å². The molecule has 1 amide bonds. The molecule has 0 spiro atoms. The van der Waals surface area contributed by atoms with Gasteiger partial charge in [0.15, 0.2) is 0 Å². The molecule has 12 heteroatoms. The Kier molecular flexibility index (Phi) is 6.81. The van der Waals surface area contributed by atoms with E-state index in [2.05, 4.69) is 9.15 Å². The summed E-state index contributed by atoms with van der Waals surface area (Å²) >= 11 is 0. The molecule has 1 aromatic heterocycles. The number of carbonyl (C=O) groups excluding carboxylic acids is 2. The Morgan fingerprint density at radius 2 is 1.80 bits per heavy atom. The molecule has 0 radical (unpaired) electrons. The average Bonchev–Trinajstić information content (AvgIpc) is 3.05. The molecule has 0 aliphatic heterocycles. The summed E-state index contributed by atoms with van der Waals surface area (Å²) < 4.78 is 71.9. The predicted molar refractivity (Wildman–Crippen MR) is 77.8 cm³/mol. The summed E-state index contributed by atoms with van der Waals surface area (Å²) in [6.07, 6.45) is -3.87. The normalized spacial score (nSPS) is 14.6. The monoisotopic (exact) mass is 387 g/mol. The third kappa shape index (κ3) is 4.05. The van der Waals surface area contributed by atoms with Gasteiger partial charge in [-0.1, -0.05) is 0 Å². The molecule has 142 valence electrons. The highest BCUT2D eigenvalue weighted by Crippen LogP contribution is 2.51. The van der Waals surface area contributed by atoms with Crippen molar-refractivity contribution in [2.45, 2.75) is 25.6 Å². The molecule has 1 N–H and O–H groups in total. The van der Waals surface area contributed by atoms with E-state index in [1.807, 2.05) is 0 Å². The lowest BCUT2D eigenvalue weighted by atomic mass is 9.91. The van der Waals surface area contributed by atoms with Crippen LogP contribution in [0, 0.1) is 0 Å². The molecule has 0 fully saturated rings. The van der Waals surface area contributed by atoms with Gasteiger partial charge in [0.2, 0.25) is 0 Å². The summed E-state index contributed by atoms with van der Waals surface area (Å²) in [5.41, 5.74) is -6.14. The molecule has 0 aliphatic rings. The second kappa shape index (κ2) is 8.03. The average molecular weight is 387 g/mol. The largest absolute Gasteiger partial charge is 0.472 e. The maximum Gasteiger partial charge on any atom is 0.426 e. The van der Waals surface area contributed by atoms with E-state index in [0.717, 1.165) is 12.3 Å². The summed E-state index contributed by atoms with van der Waals surface area (Å²) in [4.78, 5) is 24.2. The Balaban J connectivity index is 3.46. The van der Waals surface area contributed by atoms with Crippen LogP contribution in [0.3, 0.4) is 0 Å². The number of carbonyl (C=O) groups is 2. The van der Waals surface area contributed by atoms with E-state index in [1.54, 1.807) is 0 Å². The van der Waals surface area contributed by atoms with Gasteiger partial charge in [-0.15, -0.1) is 0 Å². The first-order valence-corrected chi connectivity index (χ1v) is 8.53. The van der Waals surface area contributed by atoms with Gasteiger partial charge < -0.3 is 23.5 Å². The van der Waals surface area contributed by atoms with Crippen LogP contribution in [0.2, 0.25) is 0 Å². The van der Waals surface area contributed by atoms with Crippen molar-refractivity contribution in [1.82, 2.24) is 5.32 Å². The van der Waals surface area contributed by atoms with Crippen molar-refractivity contribution in [1.29, 1.82) is 0 Å². The van der Waals surface area contributed by atoms with Crippen LogP contribution < -0.4 is 5.32 Å². The smallest absolute Gasteiger partial charge is 0.426 e. The quantitative estimate of drug-likeness (QED) is 0.540. The Hall–Kier alpha value is -1.84. The molecular formula is C13H17F3NO7P. The van der Waals surface area contributed by atoms with E-state index in [0.29, 0.717) is 13.4 Å². The number of methoxy groups -OCH3 is 1. The van der Waals surface area contributed by atoms with Gasteiger partial charge in [0.05, 0.1) is 32.8 Å². The molecule has 8 nitrogen and oxygen atoms in total. The first-order valence-electron chi connectivity index (χ1n) is 6.98. The third-order valence-corrected chi connectivity index (χ3v) is 4.82.